The van der Waals surface area contributed by atoms with Crippen LogP contribution >= 0.6 is 27.5 Å². The summed E-state index contributed by atoms with van der Waals surface area (Å²) in [4.78, 5) is 25.0. The Morgan fingerprint density at radius 1 is 0.889 bits per heavy atom. The van der Waals surface area contributed by atoms with Crippen molar-refractivity contribution in [2.45, 2.75) is 0 Å². The highest BCUT2D eigenvalue weighted by Gasteiger charge is 2.13. The van der Waals surface area contributed by atoms with Crippen LogP contribution in [0.3, 0.4) is 0 Å². The van der Waals surface area contributed by atoms with Crippen molar-refractivity contribution in [2.75, 3.05) is 5.32 Å². The van der Waals surface area contributed by atoms with Gasteiger partial charge in [-0.1, -0.05) is 57.9 Å². The Balaban J connectivity index is 1.80. The van der Waals surface area contributed by atoms with E-state index < -0.39 is 0 Å². The highest BCUT2D eigenvalue weighted by Crippen LogP contribution is 2.24. The van der Waals surface area contributed by atoms with Gasteiger partial charge in [0.25, 0.3) is 0 Å². The van der Waals surface area contributed by atoms with Crippen molar-refractivity contribution in [1.29, 1.82) is 0 Å². The fourth-order valence-corrected chi connectivity index (χ4v) is 2.93. The van der Waals surface area contributed by atoms with Crippen LogP contribution in [-0.2, 0) is 0 Å². The first-order valence-electron chi connectivity index (χ1n) is 8.17. The van der Waals surface area contributed by atoms with Gasteiger partial charge in [-0.2, -0.15) is 0 Å². The van der Waals surface area contributed by atoms with Crippen molar-refractivity contribution in [1.82, 2.24) is 0 Å². The highest BCUT2D eigenvalue weighted by atomic mass is 79.9. The maximum Gasteiger partial charge on any atom is 0.195 e. The Morgan fingerprint density at radius 2 is 1.59 bits per heavy atom. The summed E-state index contributed by atoms with van der Waals surface area (Å²) in [7, 11) is 0. The molecule has 3 aromatic rings. The number of anilines is 1. The number of allylic oxidation sites excluding steroid dienone is 1. The molecule has 0 radical (unpaired) electrons. The summed E-state index contributed by atoms with van der Waals surface area (Å²) in [5, 5.41) is 3.50. The van der Waals surface area contributed by atoms with Gasteiger partial charge in [0.05, 0.1) is 5.69 Å². The van der Waals surface area contributed by atoms with Crippen molar-refractivity contribution in [3.8, 4) is 0 Å². The number of rotatable bonds is 6. The number of nitrogens with one attached hydrogen (secondary N) is 1. The molecule has 0 atom stereocenters. The van der Waals surface area contributed by atoms with Crippen LogP contribution in [0.25, 0.3) is 0 Å². The van der Waals surface area contributed by atoms with E-state index in [1.165, 1.54) is 12.3 Å². The molecule has 27 heavy (non-hydrogen) atoms. The van der Waals surface area contributed by atoms with Gasteiger partial charge in [-0.15, -0.1) is 0 Å². The lowest BCUT2D eigenvalue weighted by Crippen LogP contribution is -2.05. The molecular formula is C22H15BrClNO2. The molecule has 134 valence electrons. The van der Waals surface area contributed by atoms with E-state index in [0.29, 0.717) is 27.4 Å². The first-order valence-corrected chi connectivity index (χ1v) is 9.34. The molecule has 0 amide bonds. The number of halogens is 2. The van der Waals surface area contributed by atoms with Crippen LogP contribution in [0, 0.1) is 0 Å². The Kier molecular flexibility index (Phi) is 6.22. The van der Waals surface area contributed by atoms with Gasteiger partial charge in [0, 0.05) is 38.5 Å². The molecule has 0 saturated carbocycles. The maximum atomic E-state index is 12.8. The summed E-state index contributed by atoms with van der Waals surface area (Å²) < 4.78 is 0.907. The lowest BCUT2D eigenvalue weighted by atomic mass is 10.0. The molecule has 0 fully saturated rings. The summed E-state index contributed by atoms with van der Waals surface area (Å²) in [6.45, 7) is 0. The number of hydrogen-bond acceptors (Lipinski definition) is 3. The van der Waals surface area contributed by atoms with Crippen molar-refractivity contribution in [3.63, 3.8) is 0 Å². The highest BCUT2D eigenvalue weighted by molar-refractivity contribution is 9.10. The van der Waals surface area contributed by atoms with E-state index in [1.807, 2.05) is 30.3 Å². The molecule has 3 nitrogen and oxygen atoms in total. The fraction of sp³-hybridized carbons (Fsp3) is 0. The van der Waals surface area contributed by atoms with Crippen molar-refractivity contribution < 1.29 is 9.59 Å². The number of hydrogen-bond donors (Lipinski definition) is 1. The van der Waals surface area contributed by atoms with Crippen LogP contribution in [0.2, 0.25) is 5.02 Å². The van der Waals surface area contributed by atoms with Gasteiger partial charge in [-0.05, 0) is 42.5 Å². The predicted molar refractivity (Wildman–Crippen MR) is 113 cm³/mol. The van der Waals surface area contributed by atoms with Gasteiger partial charge in [-0.3, -0.25) is 9.59 Å². The smallest absolute Gasteiger partial charge is 0.195 e. The average Bonchev–Trinajstić information content (AvgIpc) is 2.69. The molecule has 0 aromatic heterocycles. The lowest BCUT2D eigenvalue weighted by molar-refractivity contribution is 0.103. The average molecular weight is 441 g/mol. The standard InChI is InChI=1S/C22H15BrClNO2/c23-17-8-6-15(7-9-17)21(26)12-13-25-20-14-18(24)10-11-19(20)22(27)16-4-2-1-3-5-16/h1-14,25H/b13-12-. The minimum atomic E-state index is -0.145. The minimum absolute atomic E-state index is 0.123. The molecule has 0 spiro atoms. The first-order chi connectivity index (χ1) is 13.0. The Morgan fingerprint density at radius 3 is 2.30 bits per heavy atom. The van der Waals surface area contributed by atoms with Crippen LogP contribution < -0.4 is 5.32 Å². The summed E-state index contributed by atoms with van der Waals surface area (Å²) in [5.74, 6) is -0.268. The SMILES string of the molecule is O=C(/C=C\Nc1cc(Cl)ccc1C(=O)c1ccccc1)c1ccc(Br)cc1. The van der Waals surface area contributed by atoms with Crippen LogP contribution in [0.4, 0.5) is 5.69 Å². The molecular weight excluding hydrogens is 426 g/mol. The van der Waals surface area contributed by atoms with Gasteiger partial charge in [-0.25, -0.2) is 0 Å². The Bertz CT molecular complexity index is 999. The molecule has 1 N–H and O–H groups in total. The number of benzene rings is 3. The normalized spacial score (nSPS) is 10.7. The minimum Gasteiger partial charge on any atom is -0.361 e. The van der Waals surface area contributed by atoms with E-state index in [4.69, 9.17) is 11.6 Å². The van der Waals surface area contributed by atoms with E-state index in [2.05, 4.69) is 21.2 Å². The zero-order chi connectivity index (χ0) is 19.2. The molecule has 5 heteroatoms. The van der Waals surface area contributed by atoms with Crippen LogP contribution in [0.5, 0.6) is 0 Å². The molecule has 3 rings (SSSR count). The monoisotopic (exact) mass is 439 g/mol. The second-order valence-corrected chi connectivity index (χ2v) is 7.09. The van der Waals surface area contributed by atoms with E-state index in [-0.39, 0.29) is 11.6 Å². The summed E-state index contributed by atoms with van der Waals surface area (Å²) in [5.41, 5.74) is 2.17. The van der Waals surface area contributed by atoms with Gasteiger partial charge >= 0.3 is 0 Å². The largest absolute Gasteiger partial charge is 0.361 e. The van der Waals surface area contributed by atoms with Crippen LogP contribution in [0.1, 0.15) is 26.3 Å². The third-order valence-corrected chi connectivity index (χ3v) is 4.63. The lowest BCUT2D eigenvalue weighted by Gasteiger charge is -2.09. The molecule has 0 aliphatic rings. The molecule has 0 heterocycles. The van der Waals surface area contributed by atoms with E-state index in [9.17, 15) is 9.59 Å². The third-order valence-electron chi connectivity index (χ3n) is 3.86. The first kappa shape index (κ1) is 19.1. The fourth-order valence-electron chi connectivity index (χ4n) is 2.50. The van der Waals surface area contributed by atoms with Crippen molar-refractivity contribution in [2.24, 2.45) is 0 Å². The van der Waals surface area contributed by atoms with Crippen molar-refractivity contribution in [3.05, 3.63) is 111 Å². The second kappa shape index (κ2) is 8.80. The number of ketones is 2. The molecule has 0 aliphatic heterocycles. The van der Waals surface area contributed by atoms with Crippen LogP contribution in [0.15, 0.2) is 89.5 Å². The Labute approximate surface area is 170 Å². The summed E-state index contributed by atoms with van der Waals surface area (Å²) >= 11 is 9.41. The summed E-state index contributed by atoms with van der Waals surface area (Å²) in [6, 6.07) is 21.1. The van der Waals surface area contributed by atoms with E-state index >= 15 is 0 Å². The topological polar surface area (TPSA) is 46.2 Å². The van der Waals surface area contributed by atoms with Crippen molar-refractivity contribution >= 4 is 44.8 Å². The zero-order valence-electron chi connectivity index (χ0n) is 14.2. The number of carbonyl (C=O) groups excluding carboxylic acids is 2. The maximum absolute atomic E-state index is 12.8. The quantitative estimate of drug-likeness (QED) is 0.370. The molecule has 0 bridgehead atoms. The van der Waals surface area contributed by atoms with Gasteiger partial charge in [0.2, 0.25) is 0 Å². The third kappa shape index (κ3) is 4.94. The molecule has 0 aliphatic carbocycles. The number of carbonyl (C=O) groups is 2. The van der Waals surface area contributed by atoms with E-state index in [0.717, 1.165) is 4.47 Å². The molecule has 0 saturated heterocycles. The predicted octanol–water partition coefficient (Wildman–Crippen LogP) is 6.14. The van der Waals surface area contributed by atoms with Crippen LogP contribution in [-0.4, -0.2) is 11.6 Å². The van der Waals surface area contributed by atoms with Gasteiger partial charge in [0.1, 0.15) is 0 Å². The zero-order valence-corrected chi connectivity index (χ0v) is 16.5. The Hall–Kier alpha value is -2.69. The molecule has 0 unspecified atom stereocenters. The van der Waals surface area contributed by atoms with Gasteiger partial charge in [0.15, 0.2) is 11.6 Å². The van der Waals surface area contributed by atoms with Gasteiger partial charge < -0.3 is 5.32 Å². The van der Waals surface area contributed by atoms with E-state index in [1.54, 1.807) is 42.5 Å². The molecule has 3 aromatic carbocycles. The second-order valence-electron chi connectivity index (χ2n) is 5.73. The summed E-state index contributed by atoms with van der Waals surface area (Å²) in [6.07, 6.45) is 2.93.